The standard InChI is InChI=1S/C17H16AsClN2O8/c1-10(22)20-14-9-13(6-7-15(14)23)18(25,26)29-17(24)12-4-2-11(3-5-12)8-16(19)21(27)28/h2-7,9,16,23H,8H2,1H3,(H,20,22)(H,25,26). The Kier molecular flexibility index (Phi) is 7.07. The van der Waals surface area contributed by atoms with Crippen LogP contribution in [-0.2, 0) is 18.7 Å². The predicted octanol–water partition coefficient (Wildman–Crippen LogP) is 1.16. The van der Waals surface area contributed by atoms with Gasteiger partial charge in [-0.05, 0) is 0 Å². The molecule has 0 aliphatic rings. The molecular weight excluding hydrogens is 471 g/mol. The molecule has 2 atom stereocenters. The van der Waals surface area contributed by atoms with Crippen LogP contribution in [0.4, 0.5) is 5.69 Å². The second-order valence-electron chi connectivity index (χ2n) is 5.90. The number of benzene rings is 2. The van der Waals surface area contributed by atoms with E-state index in [9.17, 15) is 32.6 Å². The van der Waals surface area contributed by atoms with Crippen molar-refractivity contribution in [3.63, 3.8) is 0 Å². The van der Waals surface area contributed by atoms with Crippen molar-refractivity contribution >= 4 is 47.7 Å². The summed E-state index contributed by atoms with van der Waals surface area (Å²) in [5, 5.41) is 22.6. The van der Waals surface area contributed by atoms with E-state index in [0.29, 0.717) is 5.56 Å². The van der Waals surface area contributed by atoms with Gasteiger partial charge in [-0.1, -0.05) is 0 Å². The summed E-state index contributed by atoms with van der Waals surface area (Å²) in [6.45, 7) is 1.19. The fourth-order valence-electron chi connectivity index (χ4n) is 2.25. The molecule has 0 radical (unpaired) electrons. The van der Waals surface area contributed by atoms with Crippen molar-refractivity contribution in [1.82, 2.24) is 0 Å². The topological polar surface area (TPSA) is 156 Å². The van der Waals surface area contributed by atoms with E-state index in [1.807, 2.05) is 0 Å². The van der Waals surface area contributed by atoms with Crippen LogP contribution in [0.3, 0.4) is 0 Å². The summed E-state index contributed by atoms with van der Waals surface area (Å²) in [5.41, 5.74) is -0.972. The Bertz CT molecular complexity index is 995. The zero-order valence-corrected chi connectivity index (χ0v) is 17.6. The van der Waals surface area contributed by atoms with E-state index >= 15 is 0 Å². The number of aromatic hydroxyl groups is 1. The first-order valence-corrected chi connectivity index (χ1v) is 11.8. The molecule has 2 rings (SSSR count). The van der Waals surface area contributed by atoms with Crippen LogP contribution >= 0.6 is 11.6 Å². The van der Waals surface area contributed by atoms with Crippen LogP contribution in [0.25, 0.3) is 0 Å². The van der Waals surface area contributed by atoms with Gasteiger partial charge in [-0.2, -0.15) is 0 Å². The zero-order chi connectivity index (χ0) is 21.8. The molecule has 0 aliphatic carbocycles. The number of nitro groups is 1. The van der Waals surface area contributed by atoms with Gasteiger partial charge >= 0.3 is 172 Å². The molecule has 154 valence electrons. The first-order chi connectivity index (χ1) is 13.5. The van der Waals surface area contributed by atoms with Crippen LogP contribution < -0.4 is 9.67 Å². The molecule has 1 amide bonds. The number of anilines is 1. The molecule has 2 aromatic rings. The molecule has 10 nitrogen and oxygen atoms in total. The second-order valence-corrected chi connectivity index (χ2v) is 10.1. The number of amides is 1. The van der Waals surface area contributed by atoms with Gasteiger partial charge in [-0.3, -0.25) is 0 Å². The van der Waals surface area contributed by atoms with Crippen molar-refractivity contribution < 1.29 is 31.2 Å². The van der Waals surface area contributed by atoms with Crippen molar-refractivity contribution in [3.05, 3.63) is 63.7 Å². The van der Waals surface area contributed by atoms with Crippen LogP contribution in [0, 0.1) is 10.1 Å². The number of halogens is 1. The van der Waals surface area contributed by atoms with Gasteiger partial charge in [0, 0.05) is 0 Å². The third-order valence-corrected chi connectivity index (χ3v) is 6.78. The van der Waals surface area contributed by atoms with Crippen LogP contribution in [0.15, 0.2) is 42.5 Å². The van der Waals surface area contributed by atoms with Gasteiger partial charge in [0.05, 0.1) is 0 Å². The molecular formula is C17H16AsClN2O8. The van der Waals surface area contributed by atoms with Crippen molar-refractivity contribution in [2.45, 2.75) is 18.8 Å². The fraction of sp³-hybridized carbons (Fsp3) is 0.176. The molecule has 2 unspecified atom stereocenters. The summed E-state index contributed by atoms with van der Waals surface area (Å²) in [5.74, 6) is -1.91. The molecule has 0 spiro atoms. The van der Waals surface area contributed by atoms with E-state index in [4.69, 9.17) is 15.3 Å². The van der Waals surface area contributed by atoms with E-state index in [2.05, 4.69) is 5.32 Å². The molecule has 12 heteroatoms. The van der Waals surface area contributed by atoms with Crippen molar-refractivity contribution in [2.75, 3.05) is 5.32 Å². The minimum atomic E-state index is -5.35. The molecule has 0 bridgehead atoms. The van der Waals surface area contributed by atoms with Crippen LogP contribution in [0.1, 0.15) is 22.8 Å². The number of nitrogens with one attached hydrogen (secondary N) is 1. The Hall–Kier alpha value is -2.81. The number of phenolic OH excluding ortho intramolecular Hbond substituents is 1. The Morgan fingerprint density at radius 1 is 1.28 bits per heavy atom. The van der Waals surface area contributed by atoms with Crippen molar-refractivity contribution in [1.29, 1.82) is 0 Å². The second kappa shape index (κ2) is 9.12. The summed E-state index contributed by atoms with van der Waals surface area (Å²) in [6, 6.07) is 8.65. The van der Waals surface area contributed by atoms with Crippen LogP contribution in [0.5, 0.6) is 5.75 Å². The fourth-order valence-corrected chi connectivity index (χ4v) is 4.51. The Morgan fingerprint density at radius 3 is 2.45 bits per heavy atom. The molecule has 3 N–H and O–H groups in total. The quantitative estimate of drug-likeness (QED) is 0.131. The molecule has 0 fully saturated rings. The zero-order valence-electron chi connectivity index (χ0n) is 14.9. The Balaban J connectivity index is 2.16. The number of rotatable bonds is 7. The first-order valence-electron chi connectivity index (χ1n) is 8.04. The Morgan fingerprint density at radius 2 is 1.90 bits per heavy atom. The number of carbonyl (C=O) groups excluding carboxylic acids is 2. The normalized spacial score (nSPS) is 13.8. The average molecular weight is 487 g/mol. The van der Waals surface area contributed by atoms with E-state index in [1.165, 1.54) is 31.2 Å². The van der Waals surface area contributed by atoms with Crippen LogP contribution in [-0.4, -0.2) is 45.7 Å². The summed E-state index contributed by atoms with van der Waals surface area (Å²) in [4.78, 5) is 33.3. The third-order valence-electron chi connectivity index (χ3n) is 3.65. The van der Waals surface area contributed by atoms with Crippen molar-refractivity contribution in [2.24, 2.45) is 0 Å². The van der Waals surface area contributed by atoms with Gasteiger partial charge in [-0.25, -0.2) is 0 Å². The minimum absolute atomic E-state index is 0.0440. The van der Waals surface area contributed by atoms with Gasteiger partial charge < -0.3 is 0 Å². The maximum atomic E-state index is 12.5. The van der Waals surface area contributed by atoms with Crippen molar-refractivity contribution in [3.8, 4) is 5.75 Å². The molecule has 0 saturated heterocycles. The Labute approximate surface area is 172 Å². The number of hydrogen-bond donors (Lipinski definition) is 3. The average Bonchev–Trinajstić information content (AvgIpc) is 2.63. The van der Waals surface area contributed by atoms with Gasteiger partial charge in [0.1, 0.15) is 0 Å². The first kappa shape index (κ1) is 22.5. The van der Waals surface area contributed by atoms with E-state index in [1.54, 1.807) is 0 Å². The molecule has 0 saturated carbocycles. The summed E-state index contributed by atoms with van der Waals surface area (Å²) in [6.07, 6.45) is -0.0639. The van der Waals surface area contributed by atoms with Gasteiger partial charge in [0.25, 0.3) is 0 Å². The van der Waals surface area contributed by atoms with E-state index in [0.717, 1.165) is 18.2 Å². The molecule has 2 aromatic carbocycles. The predicted molar refractivity (Wildman–Crippen MR) is 103 cm³/mol. The number of alkyl halides is 1. The SMILES string of the molecule is CC(=O)Nc1cc([As](=O)(O)OC(=O)c2ccc(CC(Cl)[N+](=O)[O-])cc2)ccc1O. The molecule has 0 heterocycles. The summed E-state index contributed by atoms with van der Waals surface area (Å²) >= 11 is 0.210. The molecule has 0 aliphatic heterocycles. The number of nitrogens with zero attached hydrogens (tertiary/aromatic N) is 1. The third kappa shape index (κ3) is 6.08. The van der Waals surface area contributed by atoms with Gasteiger partial charge in [-0.15, -0.1) is 0 Å². The number of hydrogen-bond acceptors (Lipinski definition) is 7. The van der Waals surface area contributed by atoms with Gasteiger partial charge in [0.2, 0.25) is 0 Å². The summed E-state index contributed by atoms with van der Waals surface area (Å²) in [7, 11) is 0. The molecule has 29 heavy (non-hydrogen) atoms. The van der Waals surface area contributed by atoms with E-state index in [-0.39, 0.29) is 27.8 Å². The monoisotopic (exact) mass is 486 g/mol. The van der Waals surface area contributed by atoms with Crippen LogP contribution in [0.2, 0.25) is 0 Å². The number of phenols is 1. The maximum absolute atomic E-state index is 12.5. The van der Waals surface area contributed by atoms with Gasteiger partial charge in [0.15, 0.2) is 0 Å². The summed E-state index contributed by atoms with van der Waals surface area (Å²) < 4.78 is 27.2. The van der Waals surface area contributed by atoms with E-state index < -0.39 is 36.5 Å². The molecule has 0 aromatic heterocycles. The number of carbonyl (C=O) groups is 2.